The number of carbonyl (C=O) groups is 1. The zero-order valence-electron chi connectivity index (χ0n) is 29.6. The minimum Gasteiger partial charge on any atom is -0.480 e. The van der Waals surface area contributed by atoms with Crippen molar-refractivity contribution in [1.29, 1.82) is 0 Å². The second-order valence-electron chi connectivity index (χ2n) is 9.43. The molecule has 0 saturated heterocycles. The molecule has 0 aliphatic rings. The summed E-state index contributed by atoms with van der Waals surface area (Å²) in [6.45, 7) is 20.0. The number of carboxylic acid groups (broad SMARTS) is 1. The Morgan fingerprint density at radius 2 is 0.920 bits per heavy atom. The van der Waals surface area contributed by atoms with Gasteiger partial charge in [-0.15, -0.1) is 0 Å². The molecule has 0 aliphatic carbocycles. The molecule has 0 spiro atoms. The summed E-state index contributed by atoms with van der Waals surface area (Å²) < 4.78 is 7.64. The van der Waals surface area contributed by atoms with Crippen LogP contribution >= 0.6 is 136 Å². The zero-order chi connectivity index (χ0) is 38.9. The van der Waals surface area contributed by atoms with Crippen molar-refractivity contribution in [2.75, 3.05) is 72.2 Å². The summed E-state index contributed by atoms with van der Waals surface area (Å²) in [5.41, 5.74) is -2.92. The van der Waals surface area contributed by atoms with Crippen LogP contribution in [0.1, 0.15) is 55.4 Å². The molecule has 0 aromatic heterocycles. The van der Waals surface area contributed by atoms with Crippen molar-refractivity contribution in [2.24, 2.45) is 5.41 Å². The number of thiocarbonyl (C=S) groups is 4. The molecule has 0 fully saturated rings. The lowest BCUT2D eigenvalue weighted by Gasteiger charge is -2.47. The van der Waals surface area contributed by atoms with E-state index >= 15 is 0 Å². The van der Waals surface area contributed by atoms with Crippen LogP contribution in [0, 0.1) is 5.41 Å². The predicted octanol–water partition coefficient (Wildman–Crippen LogP) is 6.96. The Balaban J connectivity index is 0. The van der Waals surface area contributed by atoms with Crippen molar-refractivity contribution in [3.05, 3.63) is 0 Å². The molecule has 0 aromatic rings. The Morgan fingerprint density at radius 1 is 0.620 bits per heavy atom. The fourth-order valence-corrected chi connectivity index (χ4v) is 17.4. The van der Waals surface area contributed by atoms with Crippen molar-refractivity contribution in [1.82, 2.24) is 19.6 Å². The number of nitrogens with zero attached hydrogens (tertiary/aromatic N) is 4. The van der Waals surface area contributed by atoms with Crippen LogP contribution in [-0.2, 0) is 8.98 Å². The Kier molecular flexibility index (Phi) is 33.1. The van der Waals surface area contributed by atoms with Gasteiger partial charge in [0.25, 0.3) is 0 Å². The first-order valence-corrected chi connectivity index (χ1v) is 25.9. The Labute approximate surface area is 352 Å². The highest BCUT2D eigenvalue weighted by molar-refractivity contribution is 8.92. The van der Waals surface area contributed by atoms with Crippen molar-refractivity contribution >= 4 is 159 Å². The van der Waals surface area contributed by atoms with Crippen LogP contribution in [-0.4, -0.2) is 150 Å². The fourth-order valence-electron chi connectivity index (χ4n) is 3.43. The molecule has 0 rings (SSSR count). The molecule has 0 amide bonds. The summed E-state index contributed by atoms with van der Waals surface area (Å²) in [7, 11) is 8.70. The van der Waals surface area contributed by atoms with Crippen molar-refractivity contribution in [2.45, 2.75) is 65.1 Å². The summed E-state index contributed by atoms with van der Waals surface area (Å²) >= 11 is 23.9. The monoisotopic (exact) mass is 928 g/mol. The van der Waals surface area contributed by atoms with Gasteiger partial charge in [-0.1, -0.05) is 59.7 Å². The number of aliphatic hydroxyl groups excluding tert-OH is 4. The van der Waals surface area contributed by atoms with Gasteiger partial charge in [-0.3, -0.25) is 4.18 Å². The topological polar surface area (TPSA) is 140 Å². The molecule has 1 atom stereocenters. The van der Waals surface area contributed by atoms with E-state index in [2.05, 4.69) is 0 Å². The Morgan fingerprint density at radius 3 is 1.20 bits per heavy atom. The minimum atomic E-state index is -1.61. The zero-order valence-corrected chi connectivity index (χ0v) is 39.4. The quantitative estimate of drug-likeness (QED) is 0.0331. The lowest BCUT2D eigenvalue weighted by atomic mass is 9.91. The first-order valence-electron chi connectivity index (χ1n) is 15.6. The van der Waals surface area contributed by atoms with E-state index in [0.717, 1.165) is 74.2 Å². The molecule has 11 nitrogen and oxygen atoms in total. The second kappa shape index (κ2) is 30.8. The summed E-state index contributed by atoms with van der Waals surface area (Å²) in [5, 5.41) is 49.1. The first kappa shape index (κ1) is 53.7. The van der Waals surface area contributed by atoms with Crippen molar-refractivity contribution < 1.29 is 34.5 Å². The molecule has 0 heterocycles. The summed E-state index contributed by atoms with van der Waals surface area (Å²) in [5.74, 6) is -1.19. The van der Waals surface area contributed by atoms with Gasteiger partial charge in [0.2, 0.25) is 4.27 Å². The van der Waals surface area contributed by atoms with Gasteiger partial charge in [-0.2, -0.15) is 0 Å². The van der Waals surface area contributed by atoms with Crippen LogP contribution in [0.25, 0.3) is 0 Å². The van der Waals surface area contributed by atoms with Crippen molar-refractivity contribution in [3.8, 4) is 0 Å². The molecule has 5 N–H and O–H groups in total. The standard InChI is InChI=1S/C25H48N4O4S12.C2H4O3/c1-9-26(10-2)20(34)39-38-19(32)24(17-30,18-31)25(43-40-21(35)27(11-3)12-4,44-41-22(36)28(13-5)14-6)33-45-42-23(37)29(15-7)16-8;3-1-2(4)5/h19,30-32H,9-18H2,1-8H3;3H,1H2,(H,4,5). The summed E-state index contributed by atoms with van der Waals surface area (Å²) in [6.07, 6.45) is 0. The molecule has 294 valence electrons. The lowest BCUT2D eigenvalue weighted by molar-refractivity contribution is -0.140. The molecule has 23 heteroatoms. The van der Waals surface area contributed by atoms with E-state index in [1.165, 1.54) is 64.8 Å². The third-order valence-corrected chi connectivity index (χ3v) is 20.8. The highest BCUT2D eigenvalue weighted by Crippen LogP contribution is 2.64. The molecular formula is C27H52N4O7S12. The highest BCUT2D eigenvalue weighted by atomic mass is 33.1. The Bertz CT molecular complexity index is 976. The SMILES string of the molecule is CCN(CC)C(=S)SSOC(SSC(=S)N(CC)CC)(SSC(=S)N(CC)CC)C(CO)(CO)C(O)SSC(=S)N(CC)CC.O=C(O)CO. The van der Waals surface area contributed by atoms with Crippen LogP contribution in [0.5, 0.6) is 0 Å². The molecule has 0 radical (unpaired) electrons. The number of aliphatic carboxylic acids is 1. The average Bonchev–Trinajstić information content (AvgIpc) is 3.11. The maximum absolute atomic E-state index is 11.9. The van der Waals surface area contributed by atoms with Crippen LogP contribution in [0.2, 0.25) is 0 Å². The van der Waals surface area contributed by atoms with Crippen LogP contribution in [0.15, 0.2) is 0 Å². The largest absolute Gasteiger partial charge is 0.480 e. The number of carboxylic acids is 1. The van der Waals surface area contributed by atoms with E-state index in [4.69, 9.17) is 68.1 Å². The lowest BCUT2D eigenvalue weighted by Crippen LogP contribution is -2.55. The molecule has 0 saturated carbocycles. The smallest absolute Gasteiger partial charge is 0.329 e. The Hall–Kier alpha value is 1.63. The first-order chi connectivity index (χ1) is 23.7. The van der Waals surface area contributed by atoms with Crippen LogP contribution in [0.3, 0.4) is 0 Å². The van der Waals surface area contributed by atoms with E-state index < -0.39 is 40.9 Å². The van der Waals surface area contributed by atoms with E-state index in [9.17, 15) is 15.3 Å². The van der Waals surface area contributed by atoms with E-state index in [0.29, 0.717) is 17.3 Å². The van der Waals surface area contributed by atoms with Gasteiger partial charge in [-0.05, 0) is 109 Å². The van der Waals surface area contributed by atoms with Gasteiger partial charge in [0.05, 0.1) is 24.3 Å². The third-order valence-electron chi connectivity index (χ3n) is 6.77. The molecule has 50 heavy (non-hydrogen) atoms. The number of hydrogen-bond donors (Lipinski definition) is 5. The van der Waals surface area contributed by atoms with Gasteiger partial charge in [0.1, 0.15) is 34.7 Å². The maximum atomic E-state index is 11.9. The molecular weight excluding hydrogens is 877 g/mol. The predicted molar refractivity (Wildman–Crippen MR) is 244 cm³/mol. The van der Waals surface area contributed by atoms with Crippen LogP contribution in [0.4, 0.5) is 0 Å². The van der Waals surface area contributed by atoms with Crippen LogP contribution < -0.4 is 0 Å². The fraction of sp³-hybridized carbons (Fsp3) is 0.815. The van der Waals surface area contributed by atoms with E-state index in [1.807, 2.05) is 75.0 Å². The number of aliphatic hydroxyl groups is 4. The van der Waals surface area contributed by atoms with Gasteiger partial charge in [0, 0.05) is 63.2 Å². The summed E-state index contributed by atoms with van der Waals surface area (Å²) in [4.78, 5) is 17.2. The van der Waals surface area contributed by atoms with E-state index in [-0.39, 0.29) is 0 Å². The minimum absolute atomic E-state index is 0.598. The molecule has 1 unspecified atom stereocenters. The molecule has 0 aliphatic heterocycles. The van der Waals surface area contributed by atoms with Crippen molar-refractivity contribution in [3.63, 3.8) is 0 Å². The van der Waals surface area contributed by atoms with Gasteiger partial charge in [0.15, 0.2) is 0 Å². The van der Waals surface area contributed by atoms with Gasteiger partial charge >= 0.3 is 5.97 Å². The number of rotatable bonds is 22. The molecule has 0 bridgehead atoms. The summed E-state index contributed by atoms with van der Waals surface area (Å²) in [6, 6.07) is 0. The van der Waals surface area contributed by atoms with Gasteiger partial charge < -0.3 is 45.1 Å². The highest BCUT2D eigenvalue weighted by Gasteiger charge is 2.60. The molecule has 0 aromatic carbocycles. The third kappa shape index (κ3) is 18.1. The second-order valence-corrected chi connectivity index (χ2v) is 20.9. The maximum Gasteiger partial charge on any atom is 0.329 e. The average molecular weight is 930 g/mol. The number of hydrogen-bond acceptors (Lipinski definition) is 18. The normalized spacial score (nSPS) is 12.0. The van der Waals surface area contributed by atoms with Gasteiger partial charge in [-0.25, -0.2) is 4.79 Å². The van der Waals surface area contributed by atoms with E-state index in [1.54, 1.807) is 0 Å².